The Morgan fingerprint density at radius 3 is 2.57 bits per heavy atom. The Kier molecular flexibility index (Phi) is 6.93. The number of methoxy groups -OCH3 is 1. The van der Waals surface area contributed by atoms with E-state index in [1.54, 1.807) is 13.2 Å². The smallest absolute Gasteiger partial charge is 0.123 e. The summed E-state index contributed by atoms with van der Waals surface area (Å²) in [7, 11) is 1.67. The second-order valence-corrected chi connectivity index (χ2v) is 7.33. The molecule has 0 aromatic heterocycles. The van der Waals surface area contributed by atoms with E-state index >= 15 is 0 Å². The highest BCUT2D eigenvalue weighted by atomic mass is 19.1. The first-order chi connectivity index (χ1) is 13.6. The third-order valence-electron chi connectivity index (χ3n) is 5.40. The van der Waals surface area contributed by atoms with E-state index in [1.807, 2.05) is 25.1 Å². The zero-order valence-electron chi connectivity index (χ0n) is 16.8. The predicted octanol–water partition coefficient (Wildman–Crippen LogP) is 3.96. The van der Waals surface area contributed by atoms with E-state index in [9.17, 15) is 4.39 Å². The first-order valence-corrected chi connectivity index (χ1v) is 9.85. The maximum absolute atomic E-state index is 13.5. The molecule has 3 rings (SSSR count). The first-order valence-electron chi connectivity index (χ1n) is 9.85. The van der Waals surface area contributed by atoms with Gasteiger partial charge in [-0.05, 0) is 73.8 Å². The molecule has 0 spiro atoms. The standard InChI is InChI=1S/C23H30FN3O/c1-17-14-21(24)7-6-20(17)16-27(22-10-12-25-13-11-22)18(2)26-15-19-4-8-23(28-3)9-5-19/h4-9,14,22,25-26H,2,10-13,15-16H2,1,3H3. The second kappa shape index (κ2) is 9.60. The number of piperidine rings is 1. The van der Waals surface area contributed by atoms with E-state index in [2.05, 4.69) is 34.2 Å². The molecule has 28 heavy (non-hydrogen) atoms. The molecule has 2 aromatic rings. The summed E-state index contributed by atoms with van der Waals surface area (Å²) in [5.41, 5.74) is 3.28. The summed E-state index contributed by atoms with van der Waals surface area (Å²) in [4.78, 5) is 2.34. The van der Waals surface area contributed by atoms with Crippen molar-refractivity contribution in [1.29, 1.82) is 0 Å². The maximum atomic E-state index is 13.5. The van der Waals surface area contributed by atoms with Gasteiger partial charge in [0.05, 0.1) is 12.9 Å². The Morgan fingerprint density at radius 1 is 1.21 bits per heavy atom. The van der Waals surface area contributed by atoms with Crippen LogP contribution in [-0.4, -0.2) is 31.1 Å². The molecule has 0 unspecified atom stereocenters. The SMILES string of the molecule is C=C(NCc1ccc(OC)cc1)N(Cc1ccc(F)cc1C)C1CCNCC1. The summed E-state index contributed by atoms with van der Waals surface area (Å²) < 4.78 is 18.7. The van der Waals surface area contributed by atoms with E-state index in [0.717, 1.165) is 55.2 Å². The molecule has 2 aromatic carbocycles. The monoisotopic (exact) mass is 383 g/mol. The summed E-state index contributed by atoms with van der Waals surface area (Å²) >= 11 is 0. The Morgan fingerprint density at radius 2 is 1.93 bits per heavy atom. The Hall–Kier alpha value is -2.53. The number of hydrogen-bond acceptors (Lipinski definition) is 4. The minimum atomic E-state index is -0.189. The molecule has 1 fully saturated rings. The molecule has 0 amide bonds. The van der Waals surface area contributed by atoms with E-state index in [0.29, 0.717) is 12.6 Å². The quantitative estimate of drug-likeness (QED) is 0.724. The predicted molar refractivity (Wildman–Crippen MR) is 112 cm³/mol. The summed E-state index contributed by atoms with van der Waals surface area (Å²) in [6.45, 7) is 9.73. The van der Waals surface area contributed by atoms with Crippen LogP contribution in [-0.2, 0) is 13.1 Å². The number of nitrogens with one attached hydrogen (secondary N) is 2. The van der Waals surface area contributed by atoms with Crippen LogP contribution in [0.4, 0.5) is 4.39 Å². The van der Waals surface area contributed by atoms with E-state index in [-0.39, 0.29) is 5.82 Å². The highest BCUT2D eigenvalue weighted by Gasteiger charge is 2.23. The Balaban J connectivity index is 1.70. The molecule has 4 nitrogen and oxygen atoms in total. The highest BCUT2D eigenvalue weighted by Crippen LogP contribution is 2.22. The van der Waals surface area contributed by atoms with Gasteiger partial charge in [-0.2, -0.15) is 0 Å². The summed E-state index contributed by atoms with van der Waals surface area (Å²) in [6, 6.07) is 13.5. The van der Waals surface area contributed by atoms with Gasteiger partial charge in [0, 0.05) is 19.1 Å². The topological polar surface area (TPSA) is 36.5 Å². The van der Waals surface area contributed by atoms with Crippen molar-refractivity contribution >= 4 is 0 Å². The number of nitrogens with zero attached hydrogens (tertiary/aromatic N) is 1. The third kappa shape index (κ3) is 5.26. The van der Waals surface area contributed by atoms with Crippen LogP contribution >= 0.6 is 0 Å². The third-order valence-corrected chi connectivity index (χ3v) is 5.40. The Bertz CT molecular complexity index is 785. The van der Waals surface area contributed by atoms with Crippen molar-refractivity contribution in [2.24, 2.45) is 0 Å². The minimum Gasteiger partial charge on any atom is -0.497 e. The van der Waals surface area contributed by atoms with Gasteiger partial charge in [0.25, 0.3) is 0 Å². The van der Waals surface area contributed by atoms with Gasteiger partial charge in [0.1, 0.15) is 11.6 Å². The number of rotatable bonds is 8. The fourth-order valence-electron chi connectivity index (χ4n) is 3.63. The largest absolute Gasteiger partial charge is 0.497 e. The summed E-state index contributed by atoms with van der Waals surface area (Å²) in [5, 5.41) is 6.90. The van der Waals surface area contributed by atoms with Crippen molar-refractivity contribution in [2.45, 2.75) is 38.9 Å². The van der Waals surface area contributed by atoms with Gasteiger partial charge >= 0.3 is 0 Å². The summed E-state index contributed by atoms with van der Waals surface area (Å²) in [5.74, 6) is 1.57. The lowest BCUT2D eigenvalue weighted by Crippen LogP contribution is -2.44. The van der Waals surface area contributed by atoms with Crippen LogP contribution in [0.25, 0.3) is 0 Å². The molecular weight excluding hydrogens is 353 g/mol. The lowest BCUT2D eigenvalue weighted by atomic mass is 10.0. The molecular formula is C23H30FN3O. The normalized spacial score (nSPS) is 14.5. The van der Waals surface area contributed by atoms with Gasteiger partial charge in [0.2, 0.25) is 0 Å². The fourth-order valence-corrected chi connectivity index (χ4v) is 3.63. The number of hydrogen-bond donors (Lipinski definition) is 2. The van der Waals surface area contributed by atoms with Gasteiger partial charge < -0.3 is 20.3 Å². The fraction of sp³-hybridized carbons (Fsp3) is 0.391. The molecule has 1 aliphatic rings. The molecule has 1 heterocycles. The molecule has 5 heteroatoms. The summed E-state index contributed by atoms with van der Waals surface area (Å²) in [6.07, 6.45) is 2.15. The van der Waals surface area contributed by atoms with E-state index in [4.69, 9.17) is 4.74 Å². The molecule has 0 saturated carbocycles. The zero-order valence-corrected chi connectivity index (χ0v) is 16.8. The first kappa shape index (κ1) is 20.2. The van der Waals surface area contributed by atoms with Crippen molar-refractivity contribution in [3.8, 4) is 5.75 Å². The van der Waals surface area contributed by atoms with Crippen LogP contribution in [0.5, 0.6) is 5.75 Å². The molecule has 0 aliphatic carbocycles. The number of halogens is 1. The van der Waals surface area contributed by atoms with Crippen LogP contribution in [0.15, 0.2) is 54.9 Å². The molecule has 150 valence electrons. The van der Waals surface area contributed by atoms with Gasteiger partial charge in [-0.1, -0.05) is 24.8 Å². The average molecular weight is 384 g/mol. The van der Waals surface area contributed by atoms with Gasteiger partial charge in [-0.15, -0.1) is 0 Å². The lowest BCUT2D eigenvalue weighted by Gasteiger charge is -2.38. The van der Waals surface area contributed by atoms with Crippen LogP contribution < -0.4 is 15.4 Å². The Labute approximate surface area is 167 Å². The zero-order chi connectivity index (χ0) is 19.9. The highest BCUT2D eigenvalue weighted by molar-refractivity contribution is 5.28. The van der Waals surface area contributed by atoms with Crippen molar-refractivity contribution in [3.63, 3.8) is 0 Å². The van der Waals surface area contributed by atoms with Crippen LogP contribution in [0.1, 0.15) is 29.5 Å². The van der Waals surface area contributed by atoms with E-state index in [1.165, 1.54) is 11.6 Å². The molecule has 0 radical (unpaired) electrons. The maximum Gasteiger partial charge on any atom is 0.123 e. The van der Waals surface area contributed by atoms with E-state index < -0.39 is 0 Å². The number of benzene rings is 2. The van der Waals surface area contributed by atoms with Gasteiger partial charge in [0.15, 0.2) is 0 Å². The second-order valence-electron chi connectivity index (χ2n) is 7.33. The van der Waals surface area contributed by atoms with Crippen LogP contribution in [0, 0.1) is 12.7 Å². The molecule has 0 bridgehead atoms. The minimum absolute atomic E-state index is 0.189. The molecule has 1 aliphatic heterocycles. The van der Waals surface area contributed by atoms with Gasteiger partial charge in [-0.25, -0.2) is 4.39 Å². The van der Waals surface area contributed by atoms with Crippen molar-refractivity contribution in [1.82, 2.24) is 15.5 Å². The number of aryl methyl sites for hydroxylation is 1. The van der Waals surface area contributed by atoms with Gasteiger partial charge in [-0.3, -0.25) is 0 Å². The number of ether oxygens (including phenoxy) is 1. The van der Waals surface area contributed by atoms with Crippen molar-refractivity contribution in [3.05, 3.63) is 77.4 Å². The molecule has 2 N–H and O–H groups in total. The average Bonchev–Trinajstić information content (AvgIpc) is 2.72. The molecule has 1 saturated heterocycles. The van der Waals surface area contributed by atoms with Crippen molar-refractivity contribution in [2.75, 3.05) is 20.2 Å². The molecule has 0 atom stereocenters. The lowest BCUT2D eigenvalue weighted by molar-refractivity contribution is 0.187. The van der Waals surface area contributed by atoms with Crippen LogP contribution in [0.3, 0.4) is 0 Å². The van der Waals surface area contributed by atoms with Crippen LogP contribution in [0.2, 0.25) is 0 Å². The van der Waals surface area contributed by atoms with Crippen molar-refractivity contribution < 1.29 is 9.13 Å².